The van der Waals surface area contributed by atoms with Crippen LogP contribution in [-0.4, -0.2) is 16.3 Å². The number of rotatable bonds is 3. The van der Waals surface area contributed by atoms with Crippen LogP contribution in [0.4, 0.5) is 0 Å². The third-order valence-corrected chi connectivity index (χ3v) is 4.41. The summed E-state index contributed by atoms with van der Waals surface area (Å²) in [7, 11) is 1.97. The van der Waals surface area contributed by atoms with E-state index in [2.05, 4.69) is 53.9 Å². The molecule has 0 saturated carbocycles. The quantitative estimate of drug-likeness (QED) is 0.942. The Labute approximate surface area is 122 Å². The van der Waals surface area contributed by atoms with Crippen molar-refractivity contribution in [1.29, 1.82) is 0 Å². The molecule has 0 unspecified atom stereocenters. The Morgan fingerprint density at radius 1 is 1.16 bits per heavy atom. The molecule has 0 fully saturated rings. The Morgan fingerprint density at radius 3 is 2.42 bits per heavy atom. The number of nitrogens with two attached hydrogens (primary N) is 1. The number of nitrogens with zero attached hydrogens (tertiary/aromatic N) is 2. The van der Waals surface area contributed by atoms with Gasteiger partial charge in [-0.05, 0) is 66.0 Å². The summed E-state index contributed by atoms with van der Waals surface area (Å²) in [6.07, 6.45) is 0.827. The Kier molecular flexibility index (Phi) is 4.11. The maximum absolute atomic E-state index is 5.66. The molecule has 0 atom stereocenters. The molecule has 0 spiro atoms. The van der Waals surface area contributed by atoms with Crippen molar-refractivity contribution in [2.45, 2.75) is 27.2 Å². The molecule has 1 aromatic carbocycles. The standard InChI is InChI=1S/C15H20BrN3/c1-9-7-11(3)12(8-10(9)2)15-14(16)13(5-6-17)19(4)18-15/h7-8H,5-6,17H2,1-4H3. The van der Waals surface area contributed by atoms with Crippen LogP contribution < -0.4 is 5.73 Å². The molecule has 2 N–H and O–H groups in total. The monoisotopic (exact) mass is 321 g/mol. The molecule has 4 heteroatoms. The molecular formula is C15H20BrN3. The molecule has 2 rings (SSSR count). The van der Waals surface area contributed by atoms with Gasteiger partial charge >= 0.3 is 0 Å². The summed E-state index contributed by atoms with van der Waals surface area (Å²) in [4.78, 5) is 0. The zero-order valence-corrected chi connectivity index (χ0v) is 13.5. The van der Waals surface area contributed by atoms with Crippen molar-refractivity contribution in [3.05, 3.63) is 39.0 Å². The molecule has 2 aromatic rings. The molecule has 0 saturated heterocycles. The van der Waals surface area contributed by atoms with Gasteiger partial charge < -0.3 is 5.73 Å². The first-order valence-electron chi connectivity index (χ1n) is 6.45. The largest absolute Gasteiger partial charge is 0.330 e. The predicted molar refractivity (Wildman–Crippen MR) is 83.3 cm³/mol. The lowest BCUT2D eigenvalue weighted by atomic mass is 9.98. The van der Waals surface area contributed by atoms with E-state index in [0.29, 0.717) is 6.54 Å². The summed E-state index contributed by atoms with van der Waals surface area (Å²) >= 11 is 3.68. The zero-order valence-electron chi connectivity index (χ0n) is 11.9. The van der Waals surface area contributed by atoms with Gasteiger partial charge in [0.15, 0.2) is 0 Å². The molecule has 102 valence electrons. The molecule has 1 aromatic heterocycles. The summed E-state index contributed by atoms with van der Waals surface area (Å²) in [6, 6.07) is 4.43. The van der Waals surface area contributed by atoms with Crippen LogP contribution in [0.1, 0.15) is 22.4 Å². The lowest BCUT2D eigenvalue weighted by Crippen LogP contribution is -2.07. The van der Waals surface area contributed by atoms with Gasteiger partial charge in [0.25, 0.3) is 0 Å². The van der Waals surface area contributed by atoms with Crippen LogP contribution in [0.3, 0.4) is 0 Å². The summed E-state index contributed by atoms with van der Waals surface area (Å²) < 4.78 is 2.98. The van der Waals surface area contributed by atoms with Crippen molar-refractivity contribution in [3.63, 3.8) is 0 Å². The van der Waals surface area contributed by atoms with Gasteiger partial charge in [-0.3, -0.25) is 4.68 Å². The maximum Gasteiger partial charge on any atom is 0.107 e. The predicted octanol–water partition coefficient (Wildman–Crippen LogP) is 3.28. The van der Waals surface area contributed by atoms with Crippen molar-refractivity contribution in [2.75, 3.05) is 6.54 Å². The Bertz CT molecular complexity index is 614. The Balaban J connectivity index is 2.60. The number of halogens is 1. The van der Waals surface area contributed by atoms with Crippen LogP contribution >= 0.6 is 15.9 Å². The lowest BCUT2D eigenvalue weighted by molar-refractivity contribution is 0.707. The van der Waals surface area contributed by atoms with Crippen molar-refractivity contribution in [2.24, 2.45) is 12.8 Å². The molecule has 19 heavy (non-hydrogen) atoms. The van der Waals surface area contributed by atoms with Crippen LogP contribution in [0.2, 0.25) is 0 Å². The maximum atomic E-state index is 5.66. The first-order chi connectivity index (χ1) is 8.95. The molecule has 1 heterocycles. The molecule has 0 radical (unpaired) electrons. The lowest BCUT2D eigenvalue weighted by Gasteiger charge is -2.08. The Morgan fingerprint density at radius 2 is 1.79 bits per heavy atom. The third-order valence-electron chi connectivity index (χ3n) is 3.58. The van der Waals surface area contributed by atoms with E-state index >= 15 is 0 Å². The van der Waals surface area contributed by atoms with Crippen LogP contribution in [0.25, 0.3) is 11.3 Å². The fourth-order valence-electron chi connectivity index (χ4n) is 2.33. The van der Waals surface area contributed by atoms with Crippen molar-refractivity contribution in [1.82, 2.24) is 9.78 Å². The number of benzene rings is 1. The Hall–Kier alpha value is -1.13. The normalized spacial score (nSPS) is 11.1. The van der Waals surface area contributed by atoms with Gasteiger partial charge in [-0.1, -0.05) is 6.07 Å². The second-order valence-corrected chi connectivity index (χ2v) is 5.82. The van der Waals surface area contributed by atoms with Gasteiger partial charge in [-0.15, -0.1) is 0 Å². The average molecular weight is 322 g/mol. The molecule has 0 amide bonds. The van der Waals surface area contributed by atoms with Gasteiger partial charge in [0, 0.05) is 19.0 Å². The first kappa shape index (κ1) is 14.3. The van der Waals surface area contributed by atoms with E-state index in [1.165, 1.54) is 22.3 Å². The van der Waals surface area contributed by atoms with Crippen molar-refractivity contribution >= 4 is 15.9 Å². The van der Waals surface area contributed by atoms with Crippen LogP contribution in [0, 0.1) is 20.8 Å². The summed E-state index contributed by atoms with van der Waals surface area (Å²) in [5.74, 6) is 0. The number of hydrogen-bond donors (Lipinski definition) is 1. The highest BCUT2D eigenvalue weighted by Gasteiger charge is 2.16. The fourth-order valence-corrected chi connectivity index (χ4v) is 3.08. The average Bonchev–Trinajstić information content (AvgIpc) is 2.62. The van der Waals surface area contributed by atoms with Gasteiger partial charge in [-0.25, -0.2) is 0 Å². The smallest absolute Gasteiger partial charge is 0.107 e. The van der Waals surface area contributed by atoms with E-state index < -0.39 is 0 Å². The van der Waals surface area contributed by atoms with Crippen LogP contribution in [-0.2, 0) is 13.5 Å². The van der Waals surface area contributed by atoms with Crippen LogP contribution in [0.15, 0.2) is 16.6 Å². The molecule has 0 aliphatic rings. The summed E-state index contributed by atoms with van der Waals surface area (Å²) in [5, 5.41) is 4.64. The zero-order chi connectivity index (χ0) is 14.2. The van der Waals surface area contributed by atoms with Crippen molar-refractivity contribution < 1.29 is 0 Å². The topological polar surface area (TPSA) is 43.8 Å². The second kappa shape index (κ2) is 5.47. The number of aromatic nitrogens is 2. The molecule has 0 bridgehead atoms. The summed E-state index contributed by atoms with van der Waals surface area (Å²) in [6.45, 7) is 7.03. The minimum absolute atomic E-state index is 0.628. The number of hydrogen-bond acceptors (Lipinski definition) is 2. The minimum Gasteiger partial charge on any atom is -0.330 e. The van der Waals surface area contributed by atoms with E-state index in [9.17, 15) is 0 Å². The number of aryl methyl sites for hydroxylation is 4. The minimum atomic E-state index is 0.628. The van der Waals surface area contributed by atoms with E-state index in [1.807, 2.05) is 11.7 Å². The molecule has 0 aliphatic carbocycles. The van der Waals surface area contributed by atoms with Crippen molar-refractivity contribution in [3.8, 4) is 11.3 Å². The highest BCUT2D eigenvalue weighted by molar-refractivity contribution is 9.10. The van der Waals surface area contributed by atoms with Gasteiger partial charge in [0.1, 0.15) is 5.69 Å². The van der Waals surface area contributed by atoms with Gasteiger partial charge in [-0.2, -0.15) is 5.10 Å². The second-order valence-electron chi connectivity index (χ2n) is 5.02. The van der Waals surface area contributed by atoms with E-state index in [-0.39, 0.29) is 0 Å². The van der Waals surface area contributed by atoms with E-state index in [1.54, 1.807) is 0 Å². The van der Waals surface area contributed by atoms with E-state index in [0.717, 1.165) is 22.3 Å². The molecular weight excluding hydrogens is 302 g/mol. The van der Waals surface area contributed by atoms with Gasteiger partial charge in [0.2, 0.25) is 0 Å². The third kappa shape index (κ3) is 2.60. The van der Waals surface area contributed by atoms with Gasteiger partial charge in [0.05, 0.1) is 10.2 Å². The van der Waals surface area contributed by atoms with E-state index in [4.69, 9.17) is 5.73 Å². The molecule has 0 aliphatic heterocycles. The summed E-state index contributed by atoms with van der Waals surface area (Å²) in [5.41, 5.74) is 12.9. The highest BCUT2D eigenvalue weighted by atomic mass is 79.9. The molecule has 3 nitrogen and oxygen atoms in total. The SMILES string of the molecule is Cc1cc(C)c(-c2nn(C)c(CCN)c2Br)cc1C. The van der Waals surface area contributed by atoms with Crippen LogP contribution in [0.5, 0.6) is 0 Å². The highest BCUT2D eigenvalue weighted by Crippen LogP contribution is 2.33. The first-order valence-corrected chi connectivity index (χ1v) is 7.24. The fraction of sp³-hybridized carbons (Fsp3) is 0.400.